The van der Waals surface area contributed by atoms with Crippen molar-refractivity contribution in [3.8, 4) is 5.75 Å². The fraction of sp³-hybridized carbons (Fsp3) is 0.552. The van der Waals surface area contributed by atoms with E-state index in [1.807, 2.05) is 24.3 Å². The molecule has 4 aliphatic carbocycles. The number of carbonyl (C=O) groups excluding carboxylic acids is 2. The number of amides is 2. The van der Waals surface area contributed by atoms with E-state index < -0.39 is 11.5 Å². The van der Waals surface area contributed by atoms with Crippen LogP contribution in [0.1, 0.15) is 49.5 Å². The first-order valence-electron chi connectivity index (χ1n) is 13.9. The van der Waals surface area contributed by atoms with Crippen LogP contribution in [-0.4, -0.2) is 65.8 Å². The highest BCUT2D eigenvalue weighted by Crippen LogP contribution is 2.55. The van der Waals surface area contributed by atoms with Gasteiger partial charge in [0.2, 0.25) is 0 Å². The van der Waals surface area contributed by atoms with E-state index in [-0.39, 0.29) is 24.6 Å². The third-order valence-corrected chi connectivity index (χ3v) is 9.37. The fourth-order valence-corrected chi connectivity index (χ4v) is 7.87. The maximum Gasteiger partial charge on any atom is 0.270 e. The van der Waals surface area contributed by atoms with Crippen molar-refractivity contribution in [1.82, 2.24) is 10.3 Å². The average Bonchev–Trinajstić information content (AvgIpc) is 2.89. The summed E-state index contributed by atoms with van der Waals surface area (Å²) < 4.78 is 5.36. The van der Waals surface area contributed by atoms with Gasteiger partial charge in [-0.05, 0) is 87.1 Å². The van der Waals surface area contributed by atoms with Crippen LogP contribution in [-0.2, 0) is 4.79 Å². The van der Waals surface area contributed by atoms with Crippen molar-refractivity contribution in [1.29, 1.82) is 0 Å². The number of aromatic nitrogens is 1. The van der Waals surface area contributed by atoms with Crippen molar-refractivity contribution in [2.75, 3.05) is 36.0 Å². The second-order valence-electron chi connectivity index (χ2n) is 11.9. The summed E-state index contributed by atoms with van der Waals surface area (Å²) in [7, 11) is 0. The number of pyridine rings is 1. The predicted octanol–water partition coefficient (Wildman–Crippen LogP) is 2.98. The van der Waals surface area contributed by atoms with Gasteiger partial charge in [-0.25, -0.2) is 4.98 Å². The number of primary amides is 1. The lowest BCUT2D eigenvalue weighted by Gasteiger charge is -2.58. The Labute approximate surface area is 233 Å². The molecule has 4 saturated carbocycles. The molecule has 4 N–H and O–H groups in total. The summed E-state index contributed by atoms with van der Waals surface area (Å²) in [6.07, 6.45) is 4.74. The van der Waals surface area contributed by atoms with Gasteiger partial charge in [-0.1, -0.05) is 17.7 Å². The van der Waals surface area contributed by atoms with Crippen LogP contribution < -0.4 is 25.6 Å². The minimum absolute atomic E-state index is 0.124. The van der Waals surface area contributed by atoms with Crippen LogP contribution in [0.15, 0.2) is 36.4 Å². The van der Waals surface area contributed by atoms with E-state index in [9.17, 15) is 14.7 Å². The molecule has 10 heteroatoms. The zero-order valence-electron chi connectivity index (χ0n) is 22.2. The normalized spacial score (nSPS) is 31.3. The number of nitrogens with zero attached hydrogens (tertiary/aromatic N) is 3. The molecule has 5 fully saturated rings. The van der Waals surface area contributed by atoms with E-state index in [1.165, 1.54) is 0 Å². The number of aliphatic hydroxyl groups is 1. The molecular weight excluding hydrogens is 518 g/mol. The number of hydrogen-bond donors (Lipinski definition) is 3. The van der Waals surface area contributed by atoms with Crippen molar-refractivity contribution >= 4 is 34.9 Å². The molecule has 5 aliphatic rings. The van der Waals surface area contributed by atoms with E-state index in [1.54, 1.807) is 12.1 Å². The van der Waals surface area contributed by atoms with Gasteiger partial charge in [0, 0.05) is 37.4 Å². The topological polar surface area (TPSA) is 121 Å². The average molecular weight is 554 g/mol. The molecule has 2 heterocycles. The monoisotopic (exact) mass is 553 g/mol. The maximum atomic E-state index is 13.3. The van der Waals surface area contributed by atoms with Gasteiger partial charge in [0.05, 0.1) is 10.6 Å². The molecule has 2 aromatic rings. The number of halogens is 1. The zero-order valence-corrected chi connectivity index (χ0v) is 22.9. The summed E-state index contributed by atoms with van der Waals surface area (Å²) >= 11 is 6.38. The van der Waals surface area contributed by atoms with Crippen LogP contribution >= 0.6 is 11.6 Å². The summed E-state index contributed by atoms with van der Waals surface area (Å²) in [6, 6.07) is 11.5. The van der Waals surface area contributed by atoms with E-state index in [0.29, 0.717) is 34.2 Å². The Kier molecular flexibility index (Phi) is 6.83. The number of nitrogens with two attached hydrogens (primary N) is 1. The Morgan fingerprint density at radius 1 is 1.18 bits per heavy atom. The van der Waals surface area contributed by atoms with Crippen molar-refractivity contribution < 1.29 is 19.4 Å². The lowest BCUT2D eigenvalue weighted by molar-refractivity contribution is -0.137. The van der Waals surface area contributed by atoms with Crippen LogP contribution in [0.2, 0.25) is 5.02 Å². The third kappa shape index (κ3) is 5.26. The molecule has 3 unspecified atom stereocenters. The molecule has 1 aromatic carbocycles. The minimum atomic E-state index is -0.553. The molecule has 39 heavy (non-hydrogen) atoms. The first-order chi connectivity index (χ1) is 18.7. The van der Waals surface area contributed by atoms with Crippen molar-refractivity contribution in [2.45, 2.75) is 56.7 Å². The highest BCUT2D eigenvalue weighted by atomic mass is 35.5. The molecule has 1 saturated heterocycles. The summed E-state index contributed by atoms with van der Waals surface area (Å²) in [6.45, 7) is 4.18. The van der Waals surface area contributed by atoms with Crippen LogP contribution in [0.3, 0.4) is 0 Å². The van der Waals surface area contributed by atoms with Gasteiger partial charge in [0.25, 0.3) is 11.8 Å². The number of ether oxygens (including phenoxy) is 1. The summed E-state index contributed by atoms with van der Waals surface area (Å²) in [5.74, 6) is 1.87. The highest BCUT2D eigenvalue weighted by molar-refractivity contribution is 6.32. The fourth-order valence-electron chi connectivity index (χ4n) is 7.64. The summed E-state index contributed by atoms with van der Waals surface area (Å²) in [5.41, 5.74) is 6.05. The molecular formula is C29H36ClN5O4. The molecule has 208 valence electrons. The maximum absolute atomic E-state index is 13.3. The number of rotatable bonds is 7. The molecule has 2 amide bonds. The number of hydrogen-bond acceptors (Lipinski definition) is 7. The highest BCUT2D eigenvalue weighted by Gasteiger charge is 2.55. The van der Waals surface area contributed by atoms with Gasteiger partial charge in [-0.3, -0.25) is 9.59 Å². The Balaban J connectivity index is 1.09. The number of piperazine rings is 1. The van der Waals surface area contributed by atoms with Crippen molar-refractivity contribution in [3.05, 3.63) is 47.1 Å². The van der Waals surface area contributed by atoms with Gasteiger partial charge < -0.3 is 30.7 Å². The number of anilines is 2. The van der Waals surface area contributed by atoms with Gasteiger partial charge in [0.1, 0.15) is 17.3 Å². The Morgan fingerprint density at radius 2 is 1.95 bits per heavy atom. The van der Waals surface area contributed by atoms with Crippen molar-refractivity contribution in [2.24, 2.45) is 23.5 Å². The van der Waals surface area contributed by atoms with Gasteiger partial charge in [-0.15, -0.1) is 0 Å². The largest absolute Gasteiger partial charge is 0.482 e. The lowest BCUT2D eigenvalue weighted by Crippen LogP contribution is -2.61. The standard InChI is InChI=1S/C29H36ClN5O4/c1-17-15-34(21-5-6-24(22(30)11-21)39-16-25(31)36)7-8-35(17)26-4-2-3-23(32-26)28(37)33-27-19-9-18-10-20(27)14-29(38,12-18)13-19/h2-6,11,17-20,27,38H,7-10,12-16H2,1H3,(H2,31,36)(H,33,37). The Hall–Kier alpha value is -3.04. The Bertz CT molecular complexity index is 1260. The zero-order chi connectivity index (χ0) is 27.3. The first-order valence-corrected chi connectivity index (χ1v) is 14.3. The smallest absolute Gasteiger partial charge is 0.270 e. The van der Waals surface area contributed by atoms with Gasteiger partial charge in [-0.2, -0.15) is 0 Å². The first kappa shape index (κ1) is 26.2. The van der Waals surface area contributed by atoms with Crippen LogP contribution in [0.25, 0.3) is 0 Å². The van der Waals surface area contributed by atoms with E-state index in [2.05, 4.69) is 22.0 Å². The second-order valence-corrected chi connectivity index (χ2v) is 12.3. The van der Waals surface area contributed by atoms with Gasteiger partial charge >= 0.3 is 0 Å². The summed E-state index contributed by atoms with van der Waals surface area (Å²) in [5, 5.41) is 14.6. The lowest BCUT2D eigenvalue weighted by atomic mass is 9.52. The molecule has 3 atom stereocenters. The van der Waals surface area contributed by atoms with Crippen LogP contribution in [0, 0.1) is 17.8 Å². The molecule has 1 aliphatic heterocycles. The van der Waals surface area contributed by atoms with Crippen LogP contribution in [0.4, 0.5) is 11.5 Å². The molecule has 0 spiro atoms. The Morgan fingerprint density at radius 3 is 2.62 bits per heavy atom. The third-order valence-electron chi connectivity index (χ3n) is 9.08. The number of carbonyl (C=O) groups is 2. The SMILES string of the molecule is CC1CN(c2ccc(OCC(N)=O)c(Cl)c2)CCN1c1cccc(C(=O)NC2C3CC4CC2CC(O)(C4)C3)n1. The summed E-state index contributed by atoms with van der Waals surface area (Å²) in [4.78, 5) is 33.6. The minimum Gasteiger partial charge on any atom is -0.482 e. The van der Waals surface area contributed by atoms with E-state index in [4.69, 9.17) is 27.1 Å². The molecule has 4 bridgehead atoms. The number of nitrogens with one attached hydrogen (secondary N) is 1. The second kappa shape index (κ2) is 10.2. The quantitative estimate of drug-likeness (QED) is 0.482. The number of benzene rings is 1. The molecule has 0 radical (unpaired) electrons. The van der Waals surface area contributed by atoms with Gasteiger partial charge in [0.15, 0.2) is 6.61 Å². The molecule has 7 rings (SSSR count). The van der Waals surface area contributed by atoms with Crippen LogP contribution in [0.5, 0.6) is 5.75 Å². The van der Waals surface area contributed by atoms with E-state index in [0.717, 1.165) is 63.2 Å². The predicted molar refractivity (Wildman–Crippen MR) is 149 cm³/mol. The molecule has 9 nitrogen and oxygen atoms in total. The molecule has 1 aromatic heterocycles. The van der Waals surface area contributed by atoms with E-state index >= 15 is 0 Å². The van der Waals surface area contributed by atoms with Crippen molar-refractivity contribution in [3.63, 3.8) is 0 Å².